The molecule has 0 amide bonds. The summed E-state index contributed by atoms with van der Waals surface area (Å²) in [7, 11) is 0. The molecular formula is C10H11BrClN. The number of pyridine rings is 1. The molecule has 1 aromatic heterocycles. The summed E-state index contributed by atoms with van der Waals surface area (Å²) in [6, 6.07) is 3.91. The molecular weight excluding hydrogens is 249 g/mol. The van der Waals surface area contributed by atoms with Gasteiger partial charge in [0.25, 0.3) is 0 Å². The Labute approximate surface area is 92.0 Å². The molecule has 3 heteroatoms. The lowest BCUT2D eigenvalue weighted by atomic mass is 10.2. The summed E-state index contributed by atoms with van der Waals surface area (Å²) in [5.41, 5.74) is 2.06. The molecule has 0 radical (unpaired) electrons. The number of halogens is 2. The maximum atomic E-state index is 5.90. The Balaban J connectivity index is 2.85. The van der Waals surface area contributed by atoms with Crippen LogP contribution in [-0.2, 0) is 0 Å². The van der Waals surface area contributed by atoms with Gasteiger partial charge in [0.2, 0.25) is 0 Å². The van der Waals surface area contributed by atoms with Gasteiger partial charge in [0, 0.05) is 10.7 Å². The lowest BCUT2D eigenvalue weighted by molar-refractivity contribution is 1.11. The number of alkyl halides is 1. The number of rotatable bonds is 2. The van der Waals surface area contributed by atoms with Gasteiger partial charge in [0.15, 0.2) is 0 Å². The fourth-order valence-corrected chi connectivity index (χ4v) is 1.12. The fourth-order valence-electron chi connectivity index (χ4n) is 0.821. The highest BCUT2D eigenvalue weighted by atomic mass is 79.9. The molecule has 0 saturated carbocycles. The van der Waals surface area contributed by atoms with Crippen molar-refractivity contribution < 1.29 is 0 Å². The van der Waals surface area contributed by atoms with Crippen LogP contribution in [0.2, 0.25) is 0 Å². The van der Waals surface area contributed by atoms with E-state index in [9.17, 15) is 0 Å². The van der Waals surface area contributed by atoms with Crippen molar-refractivity contribution >= 4 is 33.6 Å². The predicted molar refractivity (Wildman–Crippen MR) is 60.9 cm³/mol. The third kappa shape index (κ3) is 3.49. The molecule has 1 aromatic rings. The Morgan fingerprint density at radius 1 is 1.62 bits per heavy atom. The van der Waals surface area contributed by atoms with Crippen molar-refractivity contribution in [2.75, 3.05) is 0 Å². The van der Waals surface area contributed by atoms with E-state index in [1.165, 1.54) is 0 Å². The van der Waals surface area contributed by atoms with E-state index in [4.69, 9.17) is 11.6 Å². The molecule has 0 fully saturated rings. The second kappa shape index (κ2) is 4.77. The first-order valence-corrected chi connectivity index (χ1v) is 5.26. The van der Waals surface area contributed by atoms with Crippen LogP contribution in [0.3, 0.4) is 0 Å². The summed E-state index contributed by atoms with van der Waals surface area (Å²) >= 11 is 9.24. The van der Waals surface area contributed by atoms with Crippen LogP contribution in [0.25, 0.3) is 6.08 Å². The quantitative estimate of drug-likeness (QED) is 0.736. The van der Waals surface area contributed by atoms with Crippen LogP contribution < -0.4 is 0 Å². The third-order valence-corrected chi connectivity index (χ3v) is 2.57. The second-order valence-electron chi connectivity index (χ2n) is 2.91. The maximum Gasteiger partial charge on any atom is 0.0630 e. The SMILES string of the molecule is C/C(=C\c1ccc(Br)cn1)C(C)Cl. The van der Waals surface area contributed by atoms with Gasteiger partial charge in [-0.05, 0) is 48.0 Å². The van der Waals surface area contributed by atoms with E-state index in [0.717, 1.165) is 15.7 Å². The molecule has 1 unspecified atom stereocenters. The minimum Gasteiger partial charge on any atom is -0.256 e. The molecule has 1 atom stereocenters. The van der Waals surface area contributed by atoms with Crippen LogP contribution in [-0.4, -0.2) is 10.4 Å². The van der Waals surface area contributed by atoms with E-state index in [0.29, 0.717) is 0 Å². The molecule has 1 nitrogen and oxygen atoms in total. The molecule has 0 aromatic carbocycles. The Hall–Kier alpha value is -0.340. The van der Waals surface area contributed by atoms with Gasteiger partial charge in [-0.3, -0.25) is 4.98 Å². The topological polar surface area (TPSA) is 12.9 Å². The Morgan fingerprint density at radius 2 is 2.31 bits per heavy atom. The van der Waals surface area contributed by atoms with Gasteiger partial charge in [-0.2, -0.15) is 0 Å². The standard InChI is InChI=1S/C10H11BrClN/c1-7(8(2)12)5-10-4-3-9(11)6-13-10/h3-6,8H,1-2H3/b7-5+. The van der Waals surface area contributed by atoms with Gasteiger partial charge >= 0.3 is 0 Å². The van der Waals surface area contributed by atoms with Gasteiger partial charge in [-0.15, -0.1) is 11.6 Å². The van der Waals surface area contributed by atoms with Crippen molar-refractivity contribution in [3.05, 3.63) is 34.1 Å². The number of hydrogen-bond acceptors (Lipinski definition) is 1. The van der Waals surface area contributed by atoms with E-state index in [1.54, 1.807) is 6.20 Å². The largest absolute Gasteiger partial charge is 0.256 e. The minimum atomic E-state index is 0.0606. The average Bonchev–Trinajstić information content (AvgIpc) is 2.08. The van der Waals surface area contributed by atoms with E-state index < -0.39 is 0 Å². The first-order chi connectivity index (χ1) is 6.09. The highest BCUT2D eigenvalue weighted by Crippen LogP contribution is 2.13. The van der Waals surface area contributed by atoms with Crippen LogP contribution in [0.15, 0.2) is 28.4 Å². The lowest BCUT2D eigenvalue weighted by Crippen LogP contribution is -1.92. The highest BCUT2D eigenvalue weighted by Gasteiger charge is 1.98. The van der Waals surface area contributed by atoms with Gasteiger partial charge in [-0.25, -0.2) is 0 Å². The Morgan fingerprint density at radius 3 is 2.77 bits per heavy atom. The molecule has 13 heavy (non-hydrogen) atoms. The Kier molecular flexibility index (Phi) is 3.94. The zero-order valence-corrected chi connectivity index (χ0v) is 9.93. The predicted octanol–water partition coefficient (Wildman–Crippen LogP) is 3.87. The van der Waals surface area contributed by atoms with Crippen molar-refractivity contribution in [3.8, 4) is 0 Å². The van der Waals surface area contributed by atoms with E-state index >= 15 is 0 Å². The second-order valence-corrected chi connectivity index (χ2v) is 4.48. The summed E-state index contributed by atoms with van der Waals surface area (Å²) in [6.45, 7) is 3.95. The zero-order valence-electron chi connectivity index (χ0n) is 7.59. The normalized spacial score (nSPS) is 14.3. The molecule has 1 heterocycles. The fraction of sp³-hybridized carbons (Fsp3) is 0.300. The maximum absolute atomic E-state index is 5.90. The average molecular weight is 261 g/mol. The minimum absolute atomic E-state index is 0.0606. The first-order valence-electron chi connectivity index (χ1n) is 4.03. The Bertz CT molecular complexity index is 303. The van der Waals surface area contributed by atoms with E-state index in [1.807, 2.05) is 32.1 Å². The third-order valence-electron chi connectivity index (χ3n) is 1.75. The van der Waals surface area contributed by atoms with E-state index in [-0.39, 0.29) is 5.38 Å². The van der Waals surface area contributed by atoms with Crippen LogP contribution in [0.4, 0.5) is 0 Å². The summed E-state index contributed by atoms with van der Waals surface area (Å²) in [4.78, 5) is 4.22. The number of aromatic nitrogens is 1. The molecule has 0 aliphatic carbocycles. The first kappa shape index (κ1) is 10.7. The molecule has 1 rings (SSSR count). The van der Waals surface area contributed by atoms with Gasteiger partial charge < -0.3 is 0 Å². The highest BCUT2D eigenvalue weighted by molar-refractivity contribution is 9.10. The summed E-state index contributed by atoms with van der Waals surface area (Å²) in [5, 5.41) is 0.0606. The molecule has 0 aliphatic rings. The van der Waals surface area contributed by atoms with Gasteiger partial charge in [-0.1, -0.05) is 5.57 Å². The zero-order chi connectivity index (χ0) is 9.84. The number of allylic oxidation sites excluding steroid dienone is 1. The molecule has 0 bridgehead atoms. The van der Waals surface area contributed by atoms with Crippen molar-refractivity contribution in [2.45, 2.75) is 19.2 Å². The van der Waals surface area contributed by atoms with Crippen LogP contribution >= 0.6 is 27.5 Å². The van der Waals surface area contributed by atoms with Crippen molar-refractivity contribution in [1.82, 2.24) is 4.98 Å². The number of hydrogen-bond donors (Lipinski definition) is 0. The van der Waals surface area contributed by atoms with Gasteiger partial charge in [0.05, 0.1) is 11.1 Å². The van der Waals surface area contributed by atoms with Crippen LogP contribution in [0.1, 0.15) is 19.5 Å². The van der Waals surface area contributed by atoms with E-state index in [2.05, 4.69) is 20.9 Å². The monoisotopic (exact) mass is 259 g/mol. The molecule has 0 saturated heterocycles. The molecule has 0 aliphatic heterocycles. The van der Waals surface area contributed by atoms with Crippen LogP contribution in [0, 0.1) is 0 Å². The van der Waals surface area contributed by atoms with Crippen molar-refractivity contribution in [3.63, 3.8) is 0 Å². The lowest BCUT2D eigenvalue weighted by Gasteiger charge is -2.02. The number of nitrogens with zero attached hydrogens (tertiary/aromatic N) is 1. The van der Waals surface area contributed by atoms with Crippen LogP contribution in [0.5, 0.6) is 0 Å². The molecule has 0 spiro atoms. The molecule has 0 N–H and O–H groups in total. The molecule has 70 valence electrons. The summed E-state index contributed by atoms with van der Waals surface area (Å²) in [5.74, 6) is 0. The van der Waals surface area contributed by atoms with Crippen molar-refractivity contribution in [2.24, 2.45) is 0 Å². The smallest absolute Gasteiger partial charge is 0.0630 e. The summed E-state index contributed by atoms with van der Waals surface area (Å²) in [6.07, 6.45) is 3.77. The van der Waals surface area contributed by atoms with Crippen molar-refractivity contribution in [1.29, 1.82) is 0 Å². The van der Waals surface area contributed by atoms with Gasteiger partial charge in [0.1, 0.15) is 0 Å². The summed E-state index contributed by atoms with van der Waals surface area (Å²) < 4.78 is 0.987.